The molecule has 1 heterocycles. The molecule has 1 unspecified atom stereocenters. The van der Waals surface area contributed by atoms with Crippen molar-refractivity contribution in [2.24, 2.45) is 0 Å². The largest absolute Gasteiger partial charge is 0.454 e. The molecule has 0 spiro atoms. The monoisotopic (exact) mass is 389 g/mol. The fourth-order valence-electron chi connectivity index (χ4n) is 2.93. The highest BCUT2D eigenvalue weighted by molar-refractivity contribution is 7.89. The Bertz CT molecular complexity index is 905. The van der Waals surface area contributed by atoms with Gasteiger partial charge >= 0.3 is 5.97 Å². The topological polar surface area (TPSA) is 72.9 Å². The van der Waals surface area contributed by atoms with Crippen molar-refractivity contribution in [1.82, 2.24) is 4.31 Å². The average Bonchev–Trinajstić information content (AvgIpc) is 2.69. The van der Waals surface area contributed by atoms with Gasteiger partial charge < -0.3 is 9.47 Å². The summed E-state index contributed by atoms with van der Waals surface area (Å²) in [7, 11) is -3.67. The molecule has 0 radical (unpaired) electrons. The predicted octanol–water partition coefficient (Wildman–Crippen LogP) is 2.93. The Labute approximate surface area is 159 Å². The lowest BCUT2D eigenvalue weighted by Crippen LogP contribution is -2.40. The van der Waals surface area contributed by atoms with E-state index in [4.69, 9.17) is 9.47 Å². The van der Waals surface area contributed by atoms with Crippen LogP contribution >= 0.6 is 0 Å². The summed E-state index contributed by atoms with van der Waals surface area (Å²) >= 11 is 0. The molecule has 2 aromatic rings. The van der Waals surface area contributed by atoms with Crippen LogP contribution in [0.1, 0.15) is 34.5 Å². The van der Waals surface area contributed by atoms with Crippen LogP contribution in [-0.2, 0) is 19.5 Å². The maximum absolute atomic E-state index is 12.8. The number of nitrogens with zero attached hydrogens (tertiary/aromatic N) is 1. The van der Waals surface area contributed by atoms with E-state index in [1.807, 2.05) is 30.3 Å². The summed E-state index contributed by atoms with van der Waals surface area (Å²) in [4.78, 5) is 12.7. The van der Waals surface area contributed by atoms with Crippen molar-refractivity contribution in [3.8, 4) is 0 Å². The number of aryl methyl sites for hydroxylation is 1. The van der Waals surface area contributed by atoms with Crippen molar-refractivity contribution in [1.29, 1.82) is 0 Å². The second-order valence-electron chi connectivity index (χ2n) is 6.45. The van der Waals surface area contributed by atoms with Crippen LogP contribution < -0.4 is 0 Å². The van der Waals surface area contributed by atoms with E-state index in [9.17, 15) is 13.2 Å². The molecule has 1 saturated heterocycles. The lowest BCUT2D eigenvalue weighted by Gasteiger charge is -2.26. The van der Waals surface area contributed by atoms with E-state index in [0.717, 1.165) is 5.56 Å². The van der Waals surface area contributed by atoms with E-state index in [1.54, 1.807) is 19.9 Å². The van der Waals surface area contributed by atoms with Gasteiger partial charge in [0.2, 0.25) is 10.0 Å². The minimum absolute atomic E-state index is 0.0920. The molecule has 0 aromatic heterocycles. The maximum atomic E-state index is 12.8. The Kier molecular flexibility index (Phi) is 5.94. The van der Waals surface area contributed by atoms with E-state index in [-0.39, 0.29) is 10.5 Å². The van der Waals surface area contributed by atoms with Crippen LogP contribution in [0.25, 0.3) is 0 Å². The van der Waals surface area contributed by atoms with Crippen LogP contribution in [0.5, 0.6) is 0 Å². The molecule has 7 heteroatoms. The number of sulfonamides is 1. The van der Waals surface area contributed by atoms with E-state index in [0.29, 0.717) is 31.9 Å². The minimum atomic E-state index is -3.67. The Balaban J connectivity index is 1.83. The maximum Gasteiger partial charge on any atom is 0.339 e. The third-order valence-electron chi connectivity index (χ3n) is 4.59. The standard InChI is InChI=1S/C20H23NO5S/c1-15-8-9-18(27(23,24)21-10-12-25-13-11-21)14-19(15)20(22)26-16(2)17-6-4-3-5-7-17/h3-9,14,16H,10-13H2,1-2H3. The van der Waals surface area contributed by atoms with Gasteiger partial charge in [0.15, 0.2) is 0 Å². The molecule has 0 N–H and O–H groups in total. The van der Waals surface area contributed by atoms with Gasteiger partial charge in [-0.3, -0.25) is 0 Å². The highest BCUT2D eigenvalue weighted by Gasteiger charge is 2.28. The van der Waals surface area contributed by atoms with Crippen LogP contribution in [0.2, 0.25) is 0 Å². The summed E-state index contributed by atoms with van der Waals surface area (Å²) in [5.74, 6) is -0.539. The molecule has 0 saturated carbocycles. The summed E-state index contributed by atoms with van der Waals surface area (Å²) in [6, 6.07) is 14.0. The van der Waals surface area contributed by atoms with Crippen molar-refractivity contribution in [3.05, 3.63) is 65.2 Å². The van der Waals surface area contributed by atoms with E-state index >= 15 is 0 Å². The zero-order chi connectivity index (χ0) is 19.4. The quantitative estimate of drug-likeness (QED) is 0.735. The summed E-state index contributed by atoms with van der Waals surface area (Å²) in [6.45, 7) is 4.90. The molecular weight excluding hydrogens is 366 g/mol. The second kappa shape index (κ2) is 8.21. The Hall–Kier alpha value is -2.22. The van der Waals surface area contributed by atoms with Gasteiger partial charge in [0.1, 0.15) is 6.10 Å². The molecule has 1 atom stereocenters. The summed E-state index contributed by atoms with van der Waals surface area (Å²) < 4.78 is 37.8. The van der Waals surface area contributed by atoms with Crippen molar-refractivity contribution >= 4 is 16.0 Å². The van der Waals surface area contributed by atoms with Crippen molar-refractivity contribution in [3.63, 3.8) is 0 Å². The number of esters is 1. The number of benzene rings is 2. The average molecular weight is 389 g/mol. The molecule has 1 aliphatic heterocycles. The van der Waals surface area contributed by atoms with Gasteiger partial charge in [0, 0.05) is 13.1 Å². The third-order valence-corrected chi connectivity index (χ3v) is 6.48. The SMILES string of the molecule is Cc1ccc(S(=O)(=O)N2CCOCC2)cc1C(=O)OC(C)c1ccccc1. The van der Waals surface area contributed by atoms with Crippen LogP contribution in [-0.4, -0.2) is 45.0 Å². The van der Waals surface area contributed by atoms with Gasteiger partial charge in [-0.25, -0.2) is 13.2 Å². The van der Waals surface area contributed by atoms with Crippen molar-refractivity contribution in [2.45, 2.75) is 24.8 Å². The normalized spacial score (nSPS) is 16.7. The fourth-order valence-corrected chi connectivity index (χ4v) is 4.37. The van der Waals surface area contributed by atoms with Crippen molar-refractivity contribution < 1.29 is 22.7 Å². The summed E-state index contributed by atoms with van der Waals surface area (Å²) in [5.41, 5.74) is 1.80. The van der Waals surface area contributed by atoms with Gasteiger partial charge in [0.25, 0.3) is 0 Å². The van der Waals surface area contributed by atoms with Gasteiger partial charge in [-0.1, -0.05) is 36.4 Å². The highest BCUT2D eigenvalue weighted by Crippen LogP contribution is 2.23. The summed E-state index contributed by atoms with van der Waals surface area (Å²) in [6.07, 6.45) is -0.433. The van der Waals surface area contributed by atoms with E-state index < -0.39 is 22.1 Å². The number of morpholine rings is 1. The Morgan fingerprint density at radius 1 is 1.11 bits per heavy atom. The molecule has 1 aliphatic rings. The summed E-state index contributed by atoms with van der Waals surface area (Å²) in [5, 5.41) is 0. The molecule has 3 rings (SSSR count). The zero-order valence-electron chi connectivity index (χ0n) is 15.4. The lowest BCUT2D eigenvalue weighted by atomic mass is 10.1. The number of rotatable bonds is 5. The molecule has 0 aliphatic carbocycles. The number of hydrogen-bond donors (Lipinski definition) is 0. The third kappa shape index (κ3) is 4.37. The van der Waals surface area contributed by atoms with Crippen LogP contribution in [0.4, 0.5) is 0 Å². The van der Waals surface area contributed by atoms with Crippen molar-refractivity contribution in [2.75, 3.05) is 26.3 Å². The fraction of sp³-hybridized carbons (Fsp3) is 0.350. The molecular formula is C20H23NO5S. The van der Waals surface area contributed by atoms with Gasteiger partial charge in [0.05, 0.1) is 23.7 Å². The van der Waals surface area contributed by atoms with E-state index in [1.165, 1.54) is 16.4 Å². The molecule has 2 aromatic carbocycles. The molecule has 144 valence electrons. The first-order valence-corrected chi connectivity index (χ1v) is 10.3. The molecule has 1 fully saturated rings. The molecule has 27 heavy (non-hydrogen) atoms. The number of hydrogen-bond acceptors (Lipinski definition) is 5. The predicted molar refractivity (Wildman–Crippen MR) is 101 cm³/mol. The first kappa shape index (κ1) is 19.5. The van der Waals surface area contributed by atoms with Crippen LogP contribution in [0.3, 0.4) is 0 Å². The smallest absolute Gasteiger partial charge is 0.339 e. The Morgan fingerprint density at radius 2 is 1.78 bits per heavy atom. The molecule has 0 bridgehead atoms. The number of ether oxygens (including phenoxy) is 2. The highest BCUT2D eigenvalue weighted by atomic mass is 32.2. The number of carbonyl (C=O) groups excluding carboxylic acids is 1. The van der Waals surface area contributed by atoms with Crippen LogP contribution in [0.15, 0.2) is 53.4 Å². The van der Waals surface area contributed by atoms with Crippen LogP contribution in [0, 0.1) is 6.92 Å². The minimum Gasteiger partial charge on any atom is -0.454 e. The van der Waals surface area contributed by atoms with E-state index in [2.05, 4.69) is 0 Å². The van der Waals surface area contributed by atoms with Gasteiger partial charge in [-0.15, -0.1) is 0 Å². The van der Waals surface area contributed by atoms with Gasteiger partial charge in [-0.05, 0) is 37.1 Å². The first-order chi connectivity index (χ1) is 12.9. The molecule has 6 nitrogen and oxygen atoms in total. The number of carbonyl (C=O) groups is 1. The lowest BCUT2D eigenvalue weighted by molar-refractivity contribution is 0.0336. The zero-order valence-corrected chi connectivity index (χ0v) is 16.2. The van der Waals surface area contributed by atoms with Gasteiger partial charge in [-0.2, -0.15) is 4.31 Å². The first-order valence-electron chi connectivity index (χ1n) is 8.84. The second-order valence-corrected chi connectivity index (χ2v) is 8.39. The Morgan fingerprint density at radius 3 is 2.44 bits per heavy atom. The molecule has 0 amide bonds.